The predicted octanol–water partition coefficient (Wildman–Crippen LogP) is 3.42. The van der Waals surface area contributed by atoms with Crippen molar-refractivity contribution >= 4 is 11.0 Å². The Morgan fingerprint density at radius 1 is 1.35 bits per heavy atom. The largest absolute Gasteiger partial charge is 0.331 e. The molecule has 102 valence electrons. The number of nitriles is 1. The van der Waals surface area contributed by atoms with Crippen molar-refractivity contribution in [1.82, 2.24) is 9.55 Å². The van der Waals surface area contributed by atoms with Crippen LogP contribution in [0.1, 0.15) is 37.1 Å². The summed E-state index contributed by atoms with van der Waals surface area (Å²) < 4.78 is 2.18. The van der Waals surface area contributed by atoms with Crippen LogP contribution in [0.5, 0.6) is 0 Å². The highest BCUT2D eigenvalue weighted by Crippen LogP contribution is 2.49. The molecule has 2 bridgehead atoms. The van der Waals surface area contributed by atoms with Gasteiger partial charge in [-0.25, -0.2) is 4.98 Å². The Morgan fingerprint density at radius 3 is 2.95 bits per heavy atom. The maximum atomic E-state index is 9.21. The number of aryl methyl sites for hydroxylation is 1. The minimum atomic E-state index is 0.692. The van der Waals surface area contributed by atoms with Crippen LogP contribution in [-0.2, 0) is 13.5 Å². The Balaban J connectivity index is 1.70. The molecule has 1 aromatic carbocycles. The zero-order valence-electron chi connectivity index (χ0n) is 11.8. The smallest absolute Gasteiger partial charge is 0.109 e. The molecule has 2 aliphatic carbocycles. The lowest BCUT2D eigenvalue weighted by Gasteiger charge is -2.21. The number of benzene rings is 1. The highest BCUT2D eigenvalue weighted by atomic mass is 15.1. The van der Waals surface area contributed by atoms with Crippen LogP contribution in [0.3, 0.4) is 0 Å². The Morgan fingerprint density at radius 2 is 2.25 bits per heavy atom. The number of rotatable bonds is 2. The van der Waals surface area contributed by atoms with Crippen molar-refractivity contribution < 1.29 is 0 Å². The van der Waals surface area contributed by atoms with Crippen molar-refractivity contribution in [3.8, 4) is 6.07 Å². The first-order valence-electron chi connectivity index (χ1n) is 7.60. The fourth-order valence-corrected chi connectivity index (χ4v) is 4.40. The van der Waals surface area contributed by atoms with E-state index in [2.05, 4.69) is 23.8 Å². The van der Waals surface area contributed by atoms with E-state index in [0.29, 0.717) is 5.56 Å². The molecular formula is C17H19N3. The molecule has 2 saturated carbocycles. The van der Waals surface area contributed by atoms with E-state index in [1.54, 1.807) is 0 Å². The van der Waals surface area contributed by atoms with Crippen LogP contribution in [0, 0.1) is 29.1 Å². The fourth-order valence-electron chi connectivity index (χ4n) is 4.40. The number of nitrogens with zero attached hydrogens (tertiary/aromatic N) is 3. The van der Waals surface area contributed by atoms with Crippen molar-refractivity contribution in [3.63, 3.8) is 0 Å². The van der Waals surface area contributed by atoms with Crippen LogP contribution in [0.2, 0.25) is 0 Å². The molecule has 2 fully saturated rings. The minimum Gasteiger partial charge on any atom is -0.331 e. The lowest BCUT2D eigenvalue weighted by atomic mass is 9.86. The van der Waals surface area contributed by atoms with Gasteiger partial charge in [0.05, 0.1) is 11.1 Å². The van der Waals surface area contributed by atoms with Crippen LogP contribution >= 0.6 is 0 Å². The molecule has 3 unspecified atom stereocenters. The third-order valence-corrected chi connectivity index (χ3v) is 5.45. The van der Waals surface area contributed by atoms with Gasteiger partial charge < -0.3 is 4.57 Å². The molecule has 1 aromatic heterocycles. The van der Waals surface area contributed by atoms with E-state index in [-0.39, 0.29) is 0 Å². The van der Waals surface area contributed by atoms with Crippen molar-refractivity contribution in [1.29, 1.82) is 5.26 Å². The van der Waals surface area contributed by atoms with Crippen LogP contribution in [0.25, 0.3) is 11.0 Å². The molecule has 0 spiro atoms. The van der Waals surface area contributed by atoms with Crippen molar-refractivity contribution in [2.24, 2.45) is 24.8 Å². The van der Waals surface area contributed by atoms with Crippen LogP contribution in [0.15, 0.2) is 18.2 Å². The number of para-hydroxylation sites is 1. The van der Waals surface area contributed by atoms with Crippen molar-refractivity contribution in [3.05, 3.63) is 29.6 Å². The second kappa shape index (κ2) is 4.34. The first-order chi connectivity index (χ1) is 9.76. The predicted molar refractivity (Wildman–Crippen MR) is 78.1 cm³/mol. The zero-order chi connectivity index (χ0) is 13.7. The summed E-state index contributed by atoms with van der Waals surface area (Å²) in [5.41, 5.74) is 2.65. The highest BCUT2D eigenvalue weighted by Gasteiger charge is 2.39. The van der Waals surface area contributed by atoms with E-state index in [9.17, 15) is 5.26 Å². The molecule has 0 N–H and O–H groups in total. The number of hydrogen-bond donors (Lipinski definition) is 0. The summed E-state index contributed by atoms with van der Waals surface area (Å²) >= 11 is 0. The van der Waals surface area contributed by atoms with E-state index in [4.69, 9.17) is 4.98 Å². The molecule has 20 heavy (non-hydrogen) atoms. The maximum absolute atomic E-state index is 9.21. The first kappa shape index (κ1) is 12.0. The first-order valence-corrected chi connectivity index (χ1v) is 7.60. The van der Waals surface area contributed by atoms with Gasteiger partial charge in [-0.2, -0.15) is 5.26 Å². The van der Waals surface area contributed by atoms with Crippen LogP contribution in [-0.4, -0.2) is 9.55 Å². The SMILES string of the molecule is Cn1c(CC2CC3CCC2C3)nc2c(C#N)cccc21. The van der Waals surface area contributed by atoms with Gasteiger partial charge >= 0.3 is 0 Å². The summed E-state index contributed by atoms with van der Waals surface area (Å²) in [7, 11) is 2.08. The maximum Gasteiger partial charge on any atom is 0.109 e. The lowest BCUT2D eigenvalue weighted by Crippen LogP contribution is -2.15. The van der Waals surface area contributed by atoms with E-state index in [0.717, 1.165) is 41.0 Å². The summed E-state index contributed by atoms with van der Waals surface area (Å²) in [4.78, 5) is 4.77. The normalized spacial score (nSPS) is 28.1. The third kappa shape index (κ3) is 1.67. The average Bonchev–Trinajstić information content (AvgIpc) is 3.15. The Hall–Kier alpha value is -1.82. The van der Waals surface area contributed by atoms with Crippen LogP contribution in [0.4, 0.5) is 0 Å². The van der Waals surface area contributed by atoms with Gasteiger partial charge in [0.15, 0.2) is 0 Å². The quantitative estimate of drug-likeness (QED) is 0.834. The van der Waals surface area contributed by atoms with E-state index in [1.165, 1.54) is 25.7 Å². The molecule has 3 heteroatoms. The summed E-state index contributed by atoms with van der Waals surface area (Å²) in [5.74, 6) is 3.87. The standard InChI is InChI=1S/C17H19N3/c1-20-15-4-2-3-13(10-18)17(15)19-16(20)9-14-8-11-5-6-12(14)7-11/h2-4,11-12,14H,5-9H2,1H3. The van der Waals surface area contributed by atoms with Gasteiger partial charge in [0.1, 0.15) is 17.4 Å². The van der Waals surface area contributed by atoms with E-state index < -0.39 is 0 Å². The fraction of sp³-hybridized carbons (Fsp3) is 0.529. The highest BCUT2D eigenvalue weighted by molar-refractivity contribution is 5.82. The number of aromatic nitrogens is 2. The molecule has 1 heterocycles. The van der Waals surface area contributed by atoms with E-state index >= 15 is 0 Å². The summed E-state index contributed by atoms with van der Waals surface area (Å²) in [5, 5.41) is 9.21. The van der Waals surface area contributed by atoms with Crippen molar-refractivity contribution in [2.75, 3.05) is 0 Å². The lowest BCUT2D eigenvalue weighted by molar-refractivity contribution is 0.325. The topological polar surface area (TPSA) is 41.6 Å². The van der Waals surface area contributed by atoms with Gasteiger partial charge in [0, 0.05) is 13.5 Å². The summed E-state index contributed by atoms with van der Waals surface area (Å²) in [6.45, 7) is 0. The molecule has 3 atom stereocenters. The molecule has 2 aromatic rings. The zero-order valence-corrected chi connectivity index (χ0v) is 11.8. The van der Waals surface area contributed by atoms with E-state index in [1.807, 2.05) is 12.1 Å². The van der Waals surface area contributed by atoms with Crippen LogP contribution < -0.4 is 0 Å². The van der Waals surface area contributed by atoms with Gasteiger partial charge in [0.2, 0.25) is 0 Å². The molecule has 0 aliphatic heterocycles. The molecular weight excluding hydrogens is 246 g/mol. The Labute approximate surface area is 119 Å². The van der Waals surface area contributed by atoms with Gasteiger partial charge in [-0.1, -0.05) is 12.5 Å². The minimum absolute atomic E-state index is 0.692. The molecule has 4 rings (SSSR count). The molecule has 0 radical (unpaired) electrons. The van der Waals surface area contributed by atoms with Gasteiger partial charge in [-0.3, -0.25) is 0 Å². The monoisotopic (exact) mass is 265 g/mol. The number of hydrogen-bond acceptors (Lipinski definition) is 2. The Bertz CT molecular complexity index is 707. The molecule has 2 aliphatic rings. The summed E-state index contributed by atoms with van der Waals surface area (Å²) in [6, 6.07) is 8.12. The second-order valence-electron chi connectivity index (χ2n) is 6.51. The molecule has 3 nitrogen and oxygen atoms in total. The van der Waals surface area contributed by atoms with Crippen molar-refractivity contribution in [2.45, 2.75) is 32.1 Å². The average molecular weight is 265 g/mol. The molecule has 0 amide bonds. The van der Waals surface area contributed by atoms with Gasteiger partial charge in [0.25, 0.3) is 0 Å². The second-order valence-corrected chi connectivity index (χ2v) is 6.51. The van der Waals surface area contributed by atoms with Gasteiger partial charge in [-0.05, 0) is 49.1 Å². The van der Waals surface area contributed by atoms with Gasteiger partial charge in [-0.15, -0.1) is 0 Å². The number of imidazole rings is 1. The number of fused-ring (bicyclic) bond motifs is 3. The summed E-state index contributed by atoms with van der Waals surface area (Å²) in [6.07, 6.45) is 6.78. The molecule has 0 saturated heterocycles. The third-order valence-electron chi connectivity index (χ3n) is 5.45. The Kier molecular flexibility index (Phi) is 2.60.